The summed E-state index contributed by atoms with van der Waals surface area (Å²) in [7, 11) is 0. The topological polar surface area (TPSA) is 81.9 Å². The summed E-state index contributed by atoms with van der Waals surface area (Å²) in [5.41, 5.74) is 5.89. The van der Waals surface area contributed by atoms with Crippen LogP contribution in [-0.4, -0.2) is 31.6 Å². The normalized spacial score (nSPS) is 12.5. The number of hydrogen-bond donors (Lipinski definition) is 1. The van der Waals surface area contributed by atoms with Crippen molar-refractivity contribution in [3.05, 3.63) is 52.8 Å². The van der Waals surface area contributed by atoms with Crippen molar-refractivity contribution in [1.82, 2.24) is 0 Å². The highest BCUT2D eigenvalue weighted by Crippen LogP contribution is 2.38. The second kappa shape index (κ2) is 7.61. The van der Waals surface area contributed by atoms with Gasteiger partial charge >= 0.3 is 0 Å². The Morgan fingerprint density at radius 2 is 1.85 bits per heavy atom. The van der Waals surface area contributed by atoms with Crippen LogP contribution < -0.4 is 20.1 Å². The van der Waals surface area contributed by atoms with Crippen LogP contribution in [0.4, 0.5) is 10.1 Å². The molecule has 8 heteroatoms. The fraction of sp³-hybridized carbons (Fsp3) is 0.222. The zero-order valence-corrected chi connectivity index (χ0v) is 14.5. The number of nitrogens with zero attached hydrogens (tertiary/aromatic N) is 1. The molecule has 1 aliphatic heterocycles. The summed E-state index contributed by atoms with van der Waals surface area (Å²) in [6.45, 7) is 0.774. The van der Waals surface area contributed by atoms with Crippen molar-refractivity contribution in [1.29, 1.82) is 0 Å². The highest BCUT2D eigenvalue weighted by atomic mass is 35.5. The van der Waals surface area contributed by atoms with Crippen molar-refractivity contribution < 1.29 is 23.5 Å². The Kier molecular flexibility index (Phi) is 5.27. The quantitative estimate of drug-likeness (QED) is 0.867. The number of ether oxygens (including phenoxy) is 2. The Bertz CT molecular complexity index is 842. The average Bonchev–Trinajstić information content (AvgIpc) is 2.63. The predicted molar refractivity (Wildman–Crippen MR) is 94.3 cm³/mol. The summed E-state index contributed by atoms with van der Waals surface area (Å²) in [6.07, 6.45) is -0.0403. The van der Waals surface area contributed by atoms with Gasteiger partial charge in [0.15, 0.2) is 11.5 Å². The van der Waals surface area contributed by atoms with Gasteiger partial charge in [0.05, 0.1) is 5.02 Å². The lowest BCUT2D eigenvalue weighted by molar-refractivity contribution is -0.117. The highest BCUT2D eigenvalue weighted by Gasteiger charge is 2.23. The maximum absolute atomic E-state index is 13.2. The first-order valence-corrected chi connectivity index (χ1v) is 8.28. The van der Waals surface area contributed by atoms with Gasteiger partial charge in [-0.25, -0.2) is 4.39 Å². The van der Waals surface area contributed by atoms with E-state index in [1.165, 1.54) is 41.3 Å². The maximum atomic E-state index is 13.2. The molecule has 3 rings (SSSR count). The fourth-order valence-electron chi connectivity index (χ4n) is 2.58. The van der Waals surface area contributed by atoms with E-state index < -0.39 is 17.6 Å². The summed E-state index contributed by atoms with van der Waals surface area (Å²) in [6, 6.07) is 8.37. The summed E-state index contributed by atoms with van der Waals surface area (Å²) >= 11 is 6.19. The number of amides is 2. The highest BCUT2D eigenvalue weighted by molar-refractivity contribution is 6.32. The Labute approximate surface area is 154 Å². The third kappa shape index (κ3) is 3.88. The van der Waals surface area contributed by atoms with Crippen LogP contribution in [0.2, 0.25) is 5.02 Å². The third-order valence-electron chi connectivity index (χ3n) is 3.81. The molecule has 26 heavy (non-hydrogen) atoms. The van der Waals surface area contributed by atoms with Crippen LogP contribution in [0, 0.1) is 5.82 Å². The van der Waals surface area contributed by atoms with E-state index in [1.807, 2.05) is 0 Å². The number of hydrogen-bond acceptors (Lipinski definition) is 4. The standard InChI is InChI=1S/C18H16ClFN2O4/c19-14-9-11(10-15-17(14)26-8-7-25-15)18(24)22(6-5-16(21)23)13-3-1-12(20)2-4-13/h1-4,9-10H,5-8H2,(H2,21,23). The largest absolute Gasteiger partial charge is 0.486 e. The maximum Gasteiger partial charge on any atom is 0.258 e. The summed E-state index contributed by atoms with van der Waals surface area (Å²) < 4.78 is 24.1. The Morgan fingerprint density at radius 1 is 1.15 bits per heavy atom. The molecule has 2 amide bonds. The van der Waals surface area contributed by atoms with Crippen molar-refractivity contribution in [2.75, 3.05) is 24.7 Å². The number of carbonyl (C=O) groups excluding carboxylic acids is 2. The second-order valence-corrected chi connectivity index (χ2v) is 6.04. The molecule has 0 atom stereocenters. The summed E-state index contributed by atoms with van der Waals surface area (Å²) in [4.78, 5) is 25.5. The van der Waals surface area contributed by atoms with E-state index >= 15 is 0 Å². The minimum atomic E-state index is -0.551. The first-order chi connectivity index (χ1) is 12.5. The van der Waals surface area contributed by atoms with Crippen LogP contribution in [0.5, 0.6) is 11.5 Å². The van der Waals surface area contributed by atoms with E-state index in [1.54, 1.807) is 0 Å². The van der Waals surface area contributed by atoms with Crippen LogP contribution >= 0.6 is 11.6 Å². The van der Waals surface area contributed by atoms with Crippen LogP contribution in [0.3, 0.4) is 0 Å². The molecule has 6 nitrogen and oxygen atoms in total. The molecule has 0 radical (unpaired) electrons. The first-order valence-electron chi connectivity index (χ1n) is 7.90. The van der Waals surface area contributed by atoms with Gasteiger partial charge in [-0.15, -0.1) is 0 Å². The first kappa shape index (κ1) is 18.0. The van der Waals surface area contributed by atoms with Crippen LogP contribution in [-0.2, 0) is 4.79 Å². The molecular weight excluding hydrogens is 363 g/mol. The third-order valence-corrected chi connectivity index (χ3v) is 4.09. The fourth-order valence-corrected chi connectivity index (χ4v) is 2.85. The minimum Gasteiger partial charge on any atom is -0.486 e. The van der Waals surface area contributed by atoms with Crippen molar-refractivity contribution in [3.8, 4) is 11.5 Å². The summed E-state index contributed by atoms with van der Waals surface area (Å²) in [5, 5.41) is 0.250. The van der Waals surface area contributed by atoms with Gasteiger partial charge in [-0.3, -0.25) is 9.59 Å². The molecule has 2 N–H and O–H groups in total. The molecule has 2 aromatic rings. The van der Waals surface area contributed by atoms with Gasteiger partial charge in [0.1, 0.15) is 19.0 Å². The van der Waals surface area contributed by atoms with E-state index in [0.29, 0.717) is 30.4 Å². The van der Waals surface area contributed by atoms with Crippen molar-refractivity contribution in [3.63, 3.8) is 0 Å². The van der Waals surface area contributed by atoms with Crippen molar-refractivity contribution in [2.45, 2.75) is 6.42 Å². The molecule has 0 fully saturated rings. The lowest BCUT2D eigenvalue weighted by Gasteiger charge is -2.24. The van der Waals surface area contributed by atoms with Crippen LogP contribution in [0.1, 0.15) is 16.8 Å². The molecule has 1 aliphatic rings. The van der Waals surface area contributed by atoms with E-state index in [2.05, 4.69) is 0 Å². The molecule has 0 unspecified atom stereocenters. The molecule has 0 bridgehead atoms. The van der Waals surface area contributed by atoms with Crippen molar-refractivity contribution in [2.24, 2.45) is 5.73 Å². The van der Waals surface area contributed by atoms with Gasteiger partial charge in [-0.1, -0.05) is 11.6 Å². The molecule has 2 aromatic carbocycles. The number of rotatable bonds is 5. The molecule has 136 valence electrons. The number of benzene rings is 2. The Balaban J connectivity index is 1.95. The van der Waals surface area contributed by atoms with Gasteiger partial charge in [0, 0.05) is 24.2 Å². The number of primary amides is 1. The molecular formula is C18H16ClFN2O4. The number of carbonyl (C=O) groups is 2. The van der Waals surface area contributed by atoms with Gasteiger partial charge in [0.2, 0.25) is 5.91 Å². The number of fused-ring (bicyclic) bond motifs is 1. The molecule has 0 aliphatic carbocycles. The second-order valence-electron chi connectivity index (χ2n) is 5.63. The number of halogens is 2. The van der Waals surface area contributed by atoms with Gasteiger partial charge in [-0.05, 0) is 36.4 Å². The lowest BCUT2D eigenvalue weighted by atomic mass is 10.1. The molecule has 0 aromatic heterocycles. The number of nitrogens with two attached hydrogens (primary N) is 1. The van der Waals surface area contributed by atoms with Gasteiger partial charge in [0.25, 0.3) is 5.91 Å². The van der Waals surface area contributed by atoms with Crippen LogP contribution in [0.15, 0.2) is 36.4 Å². The van der Waals surface area contributed by atoms with E-state index in [0.717, 1.165) is 0 Å². The van der Waals surface area contributed by atoms with Gasteiger partial charge < -0.3 is 20.1 Å². The average molecular weight is 379 g/mol. The smallest absolute Gasteiger partial charge is 0.258 e. The van der Waals surface area contributed by atoms with E-state index in [9.17, 15) is 14.0 Å². The minimum absolute atomic E-state index is 0.0403. The predicted octanol–water partition coefficient (Wildman–Crippen LogP) is 2.77. The lowest BCUT2D eigenvalue weighted by Crippen LogP contribution is -2.34. The molecule has 1 heterocycles. The van der Waals surface area contributed by atoms with E-state index in [-0.39, 0.29) is 23.6 Å². The van der Waals surface area contributed by atoms with Crippen LogP contribution in [0.25, 0.3) is 0 Å². The Morgan fingerprint density at radius 3 is 2.54 bits per heavy atom. The zero-order chi connectivity index (χ0) is 18.7. The molecule has 0 spiro atoms. The number of anilines is 1. The molecule has 0 saturated carbocycles. The van der Waals surface area contributed by atoms with Gasteiger partial charge in [-0.2, -0.15) is 0 Å². The summed E-state index contributed by atoms with van der Waals surface area (Å²) in [5.74, 6) is -0.638. The van der Waals surface area contributed by atoms with E-state index in [4.69, 9.17) is 26.8 Å². The monoisotopic (exact) mass is 378 g/mol. The Hall–Kier alpha value is -2.80. The zero-order valence-electron chi connectivity index (χ0n) is 13.7. The SMILES string of the molecule is NC(=O)CCN(C(=O)c1cc(Cl)c2c(c1)OCCO2)c1ccc(F)cc1. The van der Waals surface area contributed by atoms with Crippen molar-refractivity contribution >= 4 is 29.1 Å². The molecule has 0 saturated heterocycles.